The standard InChI is InChI=1S/C19H29N3O/c1-14-4-2-3-11-22(14)13-15-5-9-18(10-6-15)21-19(23)16-7-8-17(20)12-16/h5-6,9-10,14,16-17H,2-4,7-8,11-13,20H2,1H3,(H,21,23). The fraction of sp³-hybridized carbons (Fsp3) is 0.632. The lowest BCUT2D eigenvalue weighted by atomic mass is 10.0. The number of carbonyl (C=O) groups excluding carboxylic acids is 1. The van der Waals surface area contributed by atoms with E-state index in [-0.39, 0.29) is 17.9 Å². The first kappa shape index (κ1) is 16.5. The van der Waals surface area contributed by atoms with Gasteiger partial charge in [-0.2, -0.15) is 0 Å². The van der Waals surface area contributed by atoms with E-state index in [9.17, 15) is 4.79 Å². The fourth-order valence-electron chi connectivity index (χ4n) is 3.82. The Morgan fingerprint density at radius 2 is 2.00 bits per heavy atom. The van der Waals surface area contributed by atoms with Gasteiger partial charge in [-0.25, -0.2) is 0 Å². The summed E-state index contributed by atoms with van der Waals surface area (Å²) in [5.74, 6) is 0.203. The number of nitrogens with zero attached hydrogens (tertiary/aromatic N) is 1. The molecule has 1 aromatic rings. The first-order valence-electron chi connectivity index (χ1n) is 9.01. The Kier molecular flexibility index (Phi) is 5.34. The van der Waals surface area contributed by atoms with Crippen molar-refractivity contribution in [2.45, 2.75) is 64.1 Å². The Labute approximate surface area is 139 Å². The van der Waals surface area contributed by atoms with Gasteiger partial charge in [0.25, 0.3) is 0 Å². The summed E-state index contributed by atoms with van der Waals surface area (Å²) < 4.78 is 0. The summed E-state index contributed by atoms with van der Waals surface area (Å²) >= 11 is 0. The van der Waals surface area contributed by atoms with E-state index in [1.807, 2.05) is 12.1 Å². The molecular formula is C19H29N3O. The summed E-state index contributed by atoms with van der Waals surface area (Å²) in [6, 6.07) is 9.19. The minimum absolute atomic E-state index is 0.0823. The van der Waals surface area contributed by atoms with E-state index in [0.29, 0.717) is 6.04 Å². The number of hydrogen-bond donors (Lipinski definition) is 2. The normalized spacial score (nSPS) is 28.7. The molecule has 1 saturated heterocycles. The van der Waals surface area contributed by atoms with Crippen molar-refractivity contribution < 1.29 is 4.79 Å². The highest BCUT2D eigenvalue weighted by Gasteiger charge is 2.27. The predicted molar refractivity (Wildman–Crippen MR) is 94.1 cm³/mol. The van der Waals surface area contributed by atoms with Gasteiger partial charge >= 0.3 is 0 Å². The van der Waals surface area contributed by atoms with Gasteiger partial charge in [-0.15, -0.1) is 0 Å². The molecule has 0 radical (unpaired) electrons. The van der Waals surface area contributed by atoms with Crippen molar-refractivity contribution in [3.63, 3.8) is 0 Å². The number of carbonyl (C=O) groups is 1. The van der Waals surface area contributed by atoms with Crippen LogP contribution < -0.4 is 11.1 Å². The van der Waals surface area contributed by atoms with Gasteiger partial charge in [0, 0.05) is 30.2 Å². The summed E-state index contributed by atoms with van der Waals surface area (Å²) in [7, 11) is 0. The molecule has 23 heavy (non-hydrogen) atoms. The molecule has 3 atom stereocenters. The maximum atomic E-state index is 12.2. The molecule has 1 amide bonds. The Hall–Kier alpha value is -1.39. The number of piperidine rings is 1. The van der Waals surface area contributed by atoms with Gasteiger partial charge in [-0.3, -0.25) is 9.69 Å². The van der Waals surface area contributed by atoms with Crippen LogP contribution in [0.5, 0.6) is 0 Å². The van der Waals surface area contributed by atoms with E-state index < -0.39 is 0 Å². The van der Waals surface area contributed by atoms with Gasteiger partial charge in [-0.1, -0.05) is 18.6 Å². The number of nitrogens with two attached hydrogens (primary N) is 1. The van der Waals surface area contributed by atoms with Crippen LogP contribution in [0.25, 0.3) is 0 Å². The molecule has 3 rings (SSSR count). The molecule has 1 aromatic carbocycles. The number of anilines is 1. The zero-order valence-corrected chi connectivity index (χ0v) is 14.1. The smallest absolute Gasteiger partial charge is 0.227 e. The molecule has 2 aliphatic rings. The molecule has 3 N–H and O–H groups in total. The second-order valence-electron chi connectivity index (χ2n) is 7.27. The van der Waals surface area contributed by atoms with Crippen LogP contribution >= 0.6 is 0 Å². The number of hydrogen-bond acceptors (Lipinski definition) is 3. The molecule has 1 aliphatic carbocycles. The van der Waals surface area contributed by atoms with Gasteiger partial charge in [0.1, 0.15) is 0 Å². The lowest BCUT2D eigenvalue weighted by Crippen LogP contribution is -2.36. The highest BCUT2D eigenvalue weighted by molar-refractivity contribution is 5.92. The van der Waals surface area contributed by atoms with Gasteiger partial charge in [0.15, 0.2) is 0 Å². The molecule has 0 bridgehead atoms. The van der Waals surface area contributed by atoms with Gasteiger partial charge in [0.05, 0.1) is 0 Å². The van der Waals surface area contributed by atoms with Crippen LogP contribution in [0.15, 0.2) is 24.3 Å². The van der Waals surface area contributed by atoms with Crippen molar-refractivity contribution in [2.75, 3.05) is 11.9 Å². The number of amides is 1. The van der Waals surface area contributed by atoms with Crippen LogP contribution in [-0.2, 0) is 11.3 Å². The van der Waals surface area contributed by atoms with E-state index in [2.05, 4.69) is 29.3 Å². The van der Waals surface area contributed by atoms with Gasteiger partial charge < -0.3 is 11.1 Å². The number of benzene rings is 1. The van der Waals surface area contributed by atoms with Crippen molar-refractivity contribution in [2.24, 2.45) is 11.7 Å². The van der Waals surface area contributed by atoms with Crippen LogP contribution in [-0.4, -0.2) is 29.4 Å². The van der Waals surface area contributed by atoms with Crippen molar-refractivity contribution >= 4 is 11.6 Å². The average molecular weight is 315 g/mol. The van der Waals surface area contributed by atoms with Gasteiger partial charge in [0.2, 0.25) is 5.91 Å². The highest BCUT2D eigenvalue weighted by Crippen LogP contribution is 2.26. The van der Waals surface area contributed by atoms with E-state index in [0.717, 1.165) is 31.5 Å². The largest absolute Gasteiger partial charge is 0.328 e. The number of rotatable bonds is 4. The lowest BCUT2D eigenvalue weighted by molar-refractivity contribution is -0.119. The van der Waals surface area contributed by atoms with Crippen LogP contribution in [0.2, 0.25) is 0 Å². The fourth-order valence-corrected chi connectivity index (χ4v) is 3.82. The Morgan fingerprint density at radius 3 is 2.65 bits per heavy atom. The summed E-state index contributed by atoms with van der Waals surface area (Å²) in [5, 5.41) is 3.04. The third-order valence-corrected chi connectivity index (χ3v) is 5.39. The van der Waals surface area contributed by atoms with Crippen molar-refractivity contribution in [3.05, 3.63) is 29.8 Å². The molecule has 4 nitrogen and oxygen atoms in total. The quantitative estimate of drug-likeness (QED) is 0.897. The molecule has 3 unspecified atom stereocenters. The van der Waals surface area contributed by atoms with E-state index in [1.54, 1.807) is 0 Å². The predicted octanol–water partition coefficient (Wildman–Crippen LogP) is 3.13. The van der Waals surface area contributed by atoms with E-state index in [1.165, 1.54) is 31.4 Å². The average Bonchev–Trinajstić information content (AvgIpc) is 2.98. The molecule has 126 valence electrons. The number of likely N-dealkylation sites (tertiary alicyclic amines) is 1. The van der Waals surface area contributed by atoms with Crippen molar-refractivity contribution in [3.8, 4) is 0 Å². The van der Waals surface area contributed by atoms with Crippen molar-refractivity contribution in [1.82, 2.24) is 4.90 Å². The van der Waals surface area contributed by atoms with Crippen LogP contribution in [0.4, 0.5) is 5.69 Å². The Bertz CT molecular complexity index is 528. The third-order valence-electron chi connectivity index (χ3n) is 5.39. The van der Waals surface area contributed by atoms with Crippen LogP contribution in [0.3, 0.4) is 0 Å². The molecule has 1 heterocycles. The van der Waals surface area contributed by atoms with E-state index in [4.69, 9.17) is 5.73 Å². The van der Waals surface area contributed by atoms with Crippen molar-refractivity contribution in [1.29, 1.82) is 0 Å². The monoisotopic (exact) mass is 315 g/mol. The summed E-state index contributed by atoms with van der Waals surface area (Å²) in [6.07, 6.45) is 6.66. The molecule has 2 fully saturated rings. The maximum absolute atomic E-state index is 12.2. The minimum Gasteiger partial charge on any atom is -0.328 e. The molecule has 1 saturated carbocycles. The summed E-state index contributed by atoms with van der Waals surface area (Å²) in [4.78, 5) is 14.8. The summed E-state index contributed by atoms with van der Waals surface area (Å²) in [5.41, 5.74) is 8.11. The van der Waals surface area contributed by atoms with Crippen LogP contribution in [0, 0.1) is 5.92 Å². The Balaban J connectivity index is 1.53. The topological polar surface area (TPSA) is 58.4 Å². The highest BCUT2D eigenvalue weighted by atomic mass is 16.1. The molecule has 0 aromatic heterocycles. The first-order valence-corrected chi connectivity index (χ1v) is 9.01. The Morgan fingerprint density at radius 1 is 1.22 bits per heavy atom. The SMILES string of the molecule is CC1CCCCN1Cc1ccc(NC(=O)C2CCC(N)C2)cc1. The molecule has 4 heteroatoms. The lowest BCUT2D eigenvalue weighted by Gasteiger charge is -2.33. The first-order chi connectivity index (χ1) is 11.1. The second-order valence-corrected chi connectivity index (χ2v) is 7.27. The second kappa shape index (κ2) is 7.45. The maximum Gasteiger partial charge on any atom is 0.227 e. The third kappa shape index (κ3) is 4.33. The zero-order chi connectivity index (χ0) is 16.2. The zero-order valence-electron chi connectivity index (χ0n) is 14.1. The minimum atomic E-state index is 0.0823. The van der Waals surface area contributed by atoms with Crippen LogP contribution in [0.1, 0.15) is 51.0 Å². The van der Waals surface area contributed by atoms with E-state index >= 15 is 0 Å². The molecule has 1 aliphatic heterocycles. The molecule has 0 spiro atoms. The van der Waals surface area contributed by atoms with Gasteiger partial charge in [-0.05, 0) is 63.3 Å². The molecular weight excluding hydrogens is 286 g/mol. The number of nitrogens with one attached hydrogen (secondary N) is 1. The summed E-state index contributed by atoms with van der Waals surface area (Å²) in [6.45, 7) is 4.52.